The largest absolute Gasteiger partial charge is 0.453 e. The van der Waals surface area contributed by atoms with Gasteiger partial charge in [-0.25, -0.2) is 0 Å². The number of nitrogens with zero attached hydrogens (tertiary/aromatic N) is 5. The van der Waals surface area contributed by atoms with Gasteiger partial charge >= 0.3 is 6.18 Å². The highest BCUT2D eigenvalue weighted by molar-refractivity contribution is 5.59. The van der Waals surface area contributed by atoms with Gasteiger partial charge in [0.2, 0.25) is 0 Å². The molecule has 0 bridgehead atoms. The van der Waals surface area contributed by atoms with Gasteiger partial charge in [0.15, 0.2) is 17.3 Å². The van der Waals surface area contributed by atoms with Gasteiger partial charge in [-0.1, -0.05) is 0 Å². The SMILES string of the molecule is Cc1c(N2CCC3(CC2)OCCO3)nn2c(C(F)(F)F)nnc2c1C. The Balaban J connectivity index is 1.71. The predicted molar refractivity (Wildman–Crippen MR) is 81.3 cm³/mol. The molecule has 7 nitrogen and oxygen atoms in total. The molecule has 0 atom stereocenters. The molecule has 0 saturated carbocycles. The van der Waals surface area contributed by atoms with Gasteiger partial charge in [0.05, 0.1) is 13.2 Å². The number of fused-ring (bicyclic) bond motifs is 1. The minimum Gasteiger partial charge on any atom is -0.355 e. The molecule has 2 aromatic rings. The van der Waals surface area contributed by atoms with Crippen LogP contribution in [-0.4, -0.2) is 51.9 Å². The average Bonchev–Trinajstić information content (AvgIpc) is 3.19. The van der Waals surface area contributed by atoms with Gasteiger partial charge in [-0.15, -0.1) is 15.3 Å². The Morgan fingerprint density at radius 3 is 2.24 bits per heavy atom. The first-order valence-corrected chi connectivity index (χ1v) is 8.13. The van der Waals surface area contributed by atoms with E-state index in [0.29, 0.717) is 50.5 Å². The van der Waals surface area contributed by atoms with Crippen LogP contribution in [-0.2, 0) is 15.7 Å². The fourth-order valence-corrected chi connectivity index (χ4v) is 3.44. The molecule has 2 fully saturated rings. The van der Waals surface area contributed by atoms with E-state index in [-0.39, 0.29) is 5.65 Å². The Bertz CT molecular complexity index is 804. The van der Waals surface area contributed by atoms with Gasteiger partial charge in [-0.3, -0.25) is 0 Å². The lowest BCUT2D eigenvalue weighted by Crippen LogP contribution is -2.45. The second-order valence-electron chi connectivity index (χ2n) is 6.43. The first kappa shape index (κ1) is 16.5. The van der Waals surface area contributed by atoms with Crippen LogP contribution < -0.4 is 4.90 Å². The zero-order valence-electron chi connectivity index (χ0n) is 13.9. The summed E-state index contributed by atoms with van der Waals surface area (Å²) in [4.78, 5) is 1.97. The van der Waals surface area contributed by atoms with Crippen LogP contribution in [0.3, 0.4) is 0 Å². The summed E-state index contributed by atoms with van der Waals surface area (Å²) in [7, 11) is 0. The molecule has 2 aromatic heterocycles. The van der Waals surface area contributed by atoms with Crippen molar-refractivity contribution in [3.8, 4) is 0 Å². The number of ether oxygens (including phenoxy) is 2. The Hall–Kier alpha value is -1.94. The average molecular weight is 357 g/mol. The second kappa shape index (κ2) is 5.53. The van der Waals surface area contributed by atoms with Crippen LogP contribution in [0.15, 0.2) is 0 Å². The van der Waals surface area contributed by atoms with Crippen LogP contribution in [0.25, 0.3) is 5.65 Å². The molecule has 2 aliphatic rings. The van der Waals surface area contributed by atoms with Crippen molar-refractivity contribution in [1.29, 1.82) is 0 Å². The smallest absolute Gasteiger partial charge is 0.355 e. The fraction of sp³-hybridized carbons (Fsp3) is 0.667. The quantitative estimate of drug-likeness (QED) is 0.779. The normalized spacial score (nSPS) is 20.8. The first-order chi connectivity index (χ1) is 11.8. The number of hydrogen-bond acceptors (Lipinski definition) is 6. The van der Waals surface area contributed by atoms with Gasteiger partial charge in [0, 0.05) is 37.1 Å². The number of hydrogen-bond donors (Lipinski definition) is 0. The van der Waals surface area contributed by atoms with E-state index in [4.69, 9.17) is 9.47 Å². The predicted octanol–water partition coefficient (Wildman–Crippen LogP) is 2.10. The van der Waals surface area contributed by atoms with E-state index in [2.05, 4.69) is 15.3 Å². The van der Waals surface area contributed by atoms with E-state index in [1.54, 1.807) is 6.92 Å². The lowest BCUT2D eigenvalue weighted by atomic mass is 10.0. The van der Waals surface area contributed by atoms with Crippen LogP contribution in [0.2, 0.25) is 0 Å². The standard InChI is InChI=1S/C15H18F3N5O2/c1-9-10(2)12(21-23-11(9)19-20-13(23)15(16,17)18)22-5-3-14(4-6-22)24-7-8-25-14/h3-8H2,1-2H3. The van der Waals surface area contributed by atoms with Crippen LogP contribution in [0.1, 0.15) is 29.8 Å². The maximum absolute atomic E-state index is 13.1. The molecule has 4 rings (SSSR count). The summed E-state index contributed by atoms with van der Waals surface area (Å²) in [6.07, 6.45) is -3.30. The van der Waals surface area contributed by atoms with Crippen molar-refractivity contribution in [3.63, 3.8) is 0 Å². The zero-order valence-corrected chi connectivity index (χ0v) is 13.9. The number of aromatic nitrogens is 4. The maximum Gasteiger partial charge on any atom is 0.453 e. The minimum atomic E-state index is -4.61. The number of aryl methyl sites for hydroxylation is 1. The summed E-state index contributed by atoms with van der Waals surface area (Å²) in [5.41, 5.74) is 1.57. The lowest BCUT2D eigenvalue weighted by molar-refractivity contribution is -0.169. The summed E-state index contributed by atoms with van der Waals surface area (Å²) < 4.78 is 51.6. The number of rotatable bonds is 1. The van der Waals surface area contributed by atoms with Gasteiger partial charge in [0.1, 0.15) is 0 Å². The number of piperidine rings is 1. The van der Waals surface area contributed by atoms with Gasteiger partial charge in [-0.2, -0.15) is 17.7 Å². The highest BCUT2D eigenvalue weighted by Gasteiger charge is 2.41. The highest BCUT2D eigenvalue weighted by atomic mass is 19.4. The van der Waals surface area contributed by atoms with E-state index >= 15 is 0 Å². The molecule has 0 unspecified atom stereocenters. The summed E-state index contributed by atoms with van der Waals surface area (Å²) in [5.74, 6) is -1.14. The van der Waals surface area contributed by atoms with Gasteiger partial charge < -0.3 is 14.4 Å². The third kappa shape index (κ3) is 2.63. The van der Waals surface area contributed by atoms with E-state index in [0.717, 1.165) is 10.1 Å². The number of anilines is 1. The maximum atomic E-state index is 13.1. The molecule has 10 heteroatoms. The Morgan fingerprint density at radius 1 is 1.00 bits per heavy atom. The highest BCUT2D eigenvalue weighted by Crippen LogP contribution is 2.35. The molecule has 2 aliphatic heterocycles. The fourth-order valence-electron chi connectivity index (χ4n) is 3.44. The molecule has 25 heavy (non-hydrogen) atoms. The molecule has 0 amide bonds. The van der Waals surface area contributed by atoms with Crippen LogP contribution in [0.4, 0.5) is 19.0 Å². The lowest BCUT2D eigenvalue weighted by Gasteiger charge is -2.38. The van der Waals surface area contributed by atoms with E-state index < -0.39 is 17.8 Å². The van der Waals surface area contributed by atoms with Crippen LogP contribution >= 0.6 is 0 Å². The molecule has 0 N–H and O–H groups in total. The first-order valence-electron chi connectivity index (χ1n) is 8.13. The van der Waals surface area contributed by atoms with Crippen molar-refractivity contribution < 1.29 is 22.6 Å². The van der Waals surface area contributed by atoms with E-state index in [9.17, 15) is 13.2 Å². The van der Waals surface area contributed by atoms with Gasteiger partial charge in [0.25, 0.3) is 5.82 Å². The molecule has 1 spiro atoms. The number of halogens is 3. The Kier molecular flexibility index (Phi) is 3.66. The van der Waals surface area contributed by atoms with E-state index in [1.165, 1.54) is 0 Å². The van der Waals surface area contributed by atoms with Crippen molar-refractivity contribution in [3.05, 3.63) is 17.0 Å². The molecule has 0 radical (unpaired) electrons. The molecule has 4 heterocycles. The summed E-state index contributed by atoms with van der Waals surface area (Å²) in [5, 5.41) is 11.2. The minimum absolute atomic E-state index is 0.129. The van der Waals surface area contributed by atoms with Gasteiger partial charge in [-0.05, 0) is 13.8 Å². The molecule has 0 aliphatic carbocycles. The van der Waals surface area contributed by atoms with Crippen LogP contribution in [0.5, 0.6) is 0 Å². The van der Waals surface area contributed by atoms with Crippen molar-refractivity contribution in [2.75, 3.05) is 31.2 Å². The summed E-state index contributed by atoms with van der Waals surface area (Å²) in [6.45, 7) is 5.94. The molecular weight excluding hydrogens is 339 g/mol. The Morgan fingerprint density at radius 2 is 1.64 bits per heavy atom. The molecular formula is C15H18F3N5O2. The topological polar surface area (TPSA) is 64.8 Å². The van der Waals surface area contributed by atoms with Crippen molar-refractivity contribution in [2.45, 2.75) is 38.7 Å². The van der Waals surface area contributed by atoms with Crippen molar-refractivity contribution in [1.82, 2.24) is 19.8 Å². The molecule has 2 saturated heterocycles. The van der Waals surface area contributed by atoms with Crippen LogP contribution in [0, 0.1) is 13.8 Å². The number of alkyl halides is 3. The van der Waals surface area contributed by atoms with Crippen molar-refractivity contribution in [2.24, 2.45) is 0 Å². The summed E-state index contributed by atoms with van der Waals surface area (Å²) >= 11 is 0. The van der Waals surface area contributed by atoms with Crippen molar-refractivity contribution >= 4 is 11.5 Å². The summed E-state index contributed by atoms with van der Waals surface area (Å²) in [6, 6.07) is 0. The molecule has 136 valence electrons. The van der Waals surface area contributed by atoms with E-state index in [1.807, 2.05) is 11.8 Å². The zero-order chi connectivity index (χ0) is 17.8. The third-order valence-electron chi connectivity index (χ3n) is 4.96. The molecule has 0 aromatic carbocycles. The second-order valence-corrected chi connectivity index (χ2v) is 6.43. The monoisotopic (exact) mass is 357 g/mol. The third-order valence-corrected chi connectivity index (χ3v) is 4.96. The Labute approximate surface area is 141 Å².